The number of hydrogen-bond acceptors (Lipinski definition) is 3. The summed E-state index contributed by atoms with van der Waals surface area (Å²) >= 11 is 0. The molecule has 0 unspecified atom stereocenters. The van der Waals surface area contributed by atoms with Crippen molar-refractivity contribution in [2.75, 3.05) is 19.6 Å². The third kappa shape index (κ3) is 2.45. The summed E-state index contributed by atoms with van der Waals surface area (Å²) in [5.41, 5.74) is 2.45. The van der Waals surface area contributed by atoms with Gasteiger partial charge in [-0.3, -0.25) is 9.59 Å². The summed E-state index contributed by atoms with van der Waals surface area (Å²) in [4.78, 5) is 37.2. The Morgan fingerprint density at radius 1 is 1.27 bits per heavy atom. The maximum absolute atomic E-state index is 12.8. The number of imidazole rings is 1. The normalized spacial score (nSPS) is 18.8. The smallest absolute Gasteiger partial charge is 0.270 e. The van der Waals surface area contributed by atoms with Crippen LogP contribution >= 0.6 is 0 Å². The molecule has 7 nitrogen and oxygen atoms in total. The van der Waals surface area contributed by atoms with Crippen LogP contribution in [0.25, 0.3) is 0 Å². The van der Waals surface area contributed by atoms with E-state index in [2.05, 4.69) is 9.97 Å². The number of aryl methyl sites for hydroxylation is 1. The zero-order valence-electron chi connectivity index (χ0n) is 15.4. The van der Waals surface area contributed by atoms with Crippen molar-refractivity contribution in [2.45, 2.75) is 38.1 Å². The van der Waals surface area contributed by atoms with Gasteiger partial charge in [0, 0.05) is 51.4 Å². The highest BCUT2D eigenvalue weighted by Gasteiger charge is 2.48. The second-order valence-corrected chi connectivity index (χ2v) is 7.21. The lowest BCUT2D eigenvalue weighted by molar-refractivity contribution is -0.141. The highest BCUT2D eigenvalue weighted by atomic mass is 16.2. The first-order valence-corrected chi connectivity index (χ1v) is 9.30. The number of carbonyl (C=O) groups excluding carboxylic acids is 2. The minimum Gasteiger partial charge on any atom is -0.348 e. The quantitative estimate of drug-likeness (QED) is 0.891. The molecule has 2 amide bonds. The van der Waals surface area contributed by atoms with Gasteiger partial charge in [0.25, 0.3) is 5.91 Å². The predicted octanol–water partition coefficient (Wildman–Crippen LogP) is 1.67. The zero-order valence-corrected chi connectivity index (χ0v) is 15.4. The molecule has 4 heterocycles. The van der Waals surface area contributed by atoms with Crippen molar-refractivity contribution in [3.8, 4) is 0 Å². The number of hydrogen-bond donors (Lipinski definition) is 1. The Hall–Kier alpha value is -2.57. The fourth-order valence-electron chi connectivity index (χ4n) is 4.46. The summed E-state index contributed by atoms with van der Waals surface area (Å²) in [6.45, 7) is 3.88. The topological polar surface area (TPSA) is 74.2 Å². The summed E-state index contributed by atoms with van der Waals surface area (Å²) in [7, 11) is 1.89. The molecule has 1 spiro atoms. The van der Waals surface area contributed by atoms with Crippen LogP contribution in [0.2, 0.25) is 0 Å². The van der Waals surface area contributed by atoms with Crippen LogP contribution in [0.3, 0.4) is 0 Å². The third-order valence-electron chi connectivity index (χ3n) is 5.91. The fourth-order valence-corrected chi connectivity index (χ4v) is 4.46. The van der Waals surface area contributed by atoms with Crippen LogP contribution in [-0.4, -0.2) is 55.8 Å². The Balaban J connectivity index is 1.60. The summed E-state index contributed by atoms with van der Waals surface area (Å²) in [6.07, 6.45) is 6.38. The van der Waals surface area contributed by atoms with Gasteiger partial charge in [0.2, 0.25) is 5.91 Å². The number of fused-ring (bicyclic) bond motifs is 2. The van der Waals surface area contributed by atoms with Crippen molar-refractivity contribution < 1.29 is 9.59 Å². The molecule has 26 heavy (non-hydrogen) atoms. The van der Waals surface area contributed by atoms with E-state index in [9.17, 15) is 9.59 Å². The van der Waals surface area contributed by atoms with Crippen molar-refractivity contribution in [1.82, 2.24) is 24.3 Å². The number of carbonyl (C=O) groups is 2. The molecule has 0 saturated carbocycles. The van der Waals surface area contributed by atoms with Crippen molar-refractivity contribution in [3.63, 3.8) is 0 Å². The van der Waals surface area contributed by atoms with Crippen molar-refractivity contribution in [1.29, 1.82) is 0 Å². The molecule has 0 radical (unpaired) electrons. The molecule has 4 rings (SSSR count). The lowest BCUT2D eigenvalue weighted by atomic mass is 9.78. The van der Waals surface area contributed by atoms with Gasteiger partial charge in [-0.15, -0.1) is 0 Å². The van der Waals surface area contributed by atoms with Crippen LogP contribution in [-0.2, 0) is 23.8 Å². The monoisotopic (exact) mass is 355 g/mol. The maximum Gasteiger partial charge on any atom is 0.270 e. The highest BCUT2D eigenvalue weighted by molar-refractivity contribution is 5.92. The largest absolute Gasteiger partial charge is 0.348 e. The van der Waals surface area contributed by atoms with Gasteiger partial charge in [0.1, 0.15) is 5.69 Å². The molecule has 0 aliphatic carbocycles. The van der Waals surface area contributed by atoms with Crippen molar-refractivity contribution in [2.24, 2.45) is 7.05 Å². The van der Waals surface area contributed by atoms with E-state index in [-0.39, 0.29) is 17.4 Å². The molecule has 1 fully saturated rings. The van der Waals surface area contributed by atoms with Crippen LogP contribution in [0, 0.1) is 0 Å². The number of aromatic nitrogens is 3. The summed E-state index contributed by atoms with van der Waals surface area (Å²) in [6, 6.07) is 3.74. The summed E-state index contributed by atoms with van der Waals surface area (Å²) < 4.78 is 1.85. The van der Waals surface area contributed by atoms with E-state index in [1.54, 1.807) is 6.33 Å². The van der Waals surface area contributed by atoms with E-state index in [4.69, 9.17) is 0 Å². The number of H-pyrrole nitrogens is 1. The Morgan fingerprint density at radius 3 is 2.69 bits per heavy atom. The summed E-state index contributed by atoms with van der Waals surface area (Å²) in [5, 5.41) is 0. The minimum atomic E-state index is -0.383. The molecule has 1 N–H and O–H groups in total. The first-order chi connectivity index (χ1) is 12.6. The number of aromatic amines is 1. The van der Waals surface area contributed by atoms with Gasteiger partial charge in [0.15, 0.2) is 0 Å². The SMILES string of the molecule is CCC(=O)N1CCc2[nH]cnc2C12CCN(C(=O)c1cccn1C)CC2. The van der Waals surface area contributed by atoms with E-state index in [1.807, 2.05) is 46.7 Å². The van der Waals surface area contributed by atoms with E-state index >= 15 is 0 Å². The second-order valence-electron chi connectivity index (χ2n) is 7.21. The van der Waals surface area contributed by atoms with Crippen LogP contribution in [0.4, 0.5) is 0 Å². The predicted molar refractivity (Wildman–Crippen MR) is 96.5 cm³/mol. The molecule has 138 valence electrons. The fraction of sp³-hybridized carbons (Fsp3) is 0.526. The lowest BCUT2D eigenvalue weighted by Crippen LogP contribution is -2.58. The van der Waals surface area contributed by atoms with Gasteiger partial charge in [-0.2, -0.15) is 0 Å². The Labute approximate surface area is 153 Å². The molecule has 2 aromatic rings. The van der Waals surface area contributed by atoms with Gasteiger partial charge in [-0.1, -0.05) is 6.92 Å². The molecule has 1 saturated heterocycles. The minimum absolute atomic E-state index is 0.0544. The van der Waals surface area contributed by atoms with Gasteiger partial charge >= 0.3 is 0 Å². The third-order valence-corrected chi connectivity index (χ3v) is 5.91. The lowest BCUT2D eigenvalue weighted by Gasteiger charge is -2.50. The van der Waals surface area contributed by atoms with E-state index in [0.717, 1.165) is 30.7 Å². The standard InChI is InChI=1S/C19H25N5O2/c1-3-16(25)24-10-6-14-17(21-13-20-14)19(24)7-11-23(12-8-19)18(26)15-5-4-9-22(15)2/h4-5,9,13H,3,6-8,10-12H2,1-2H3,(H,20,21). The average molecular weight is 355 g/mol. The number of rotatable bonds is 2. The molecular weight excluding hydrogens is 330 g/mol. The van der Waals surface area contributed by atoms with Crippen molar-refractivity contribution in [3.05, 3.63) is 41.7 Å². The number of nitrogens with zero attached hydrogens (tertiary/aromatic N) is 4. The first-order valence-electron chi connectivity index (χ1n) is 9.30. The Bertz CT molecular complexity index is 829. The second kappa shape index (κ2) is 6.30. The number of likely N-dealkylation sites (tertiary alicyclic amines) is 1. The molecule has 0 atom stereocenters. The van der Waals surface area contributed by atoms with E-state index < -0.39 is 0 Å². The molecule has 7 heteroatoms. The maximum atomic E-state index is 12.8. The molecular formula is C19H25N5O2. The molecule has 2 aromatic heterocycles. The Kier molecular flexibility index (Phi) is 4.09. The first kappa shape index (κ1) is 16.9. The van der Waals surface area contributed by atoms with Crippen molar-refractivity contribution >= 4 is 11.8 Å². The highest BCUT2D eigenvalue weighted by Crippen LogP contribution is 2.42. The number of piperidine rings is 1. The summed E-state index contributed by atoms with van der Waals surface area (Å²) in [5.74, 6) is 0.222. The van der Waals surface area contributed by atoms with Gasteiger partial charge in [0.05, 0.1) is 17.6 Å². The average Bonchev–Trinajstić information content (AvgIpc) is 3.31. The molecule has 2 aliphatic heterocycles. The number of amides is 2. The van der Waals surface area contributed by atoms with Crippen LogP contribution in [0.5, 0.6) is 0 Å². The molecule has 0 bridgehead atoms. The number of nitrogens with one attached hydrogen (secondary N) is 1. The van der Waals surface area contributed by atoms with Gasteiger partial charge in [-0.25, -0.2) is 4.98 Å². The van der Waals surface area contributed by atoms with E-state index in [1.165, 1.54) is 0 Å². The van der Waals surface area contributed by atoms with Gasteiger partial charge in [-0.05, 0) is 25.0 Å². The van der Waals surface area contributed by atoms with E-state index in [0.29, 0.717) is 31.7 Å². The van der Waals surface area contributed by atoms with Gasteiger partial charge < -0.3 is 19.4 Å². The Morgan fingerprint density at radius 2 is 2.04 bits per heavy atom. The molecule has 0 aromatic carbocycles. The van der Waals surface area contributed by atoms with Crippen LogP contribution in [0.15, 0.2) is 24.7 Å². The van der Waals surface area contributed by atoms with Crippen LogP contribution < -0.4 is 0 Å². The molecule has 2 aliphatic rings. The van der Waals surface area contributed by atoms with Crippen LogP contribution in [0.1, 0.15) is 48.1 Å². The zero-order chi connectivity index (χ0) is 18.3.